The number of anilines is 1. The Hall–Kier alpha value is -2.66. The molecule has 0 saturated heterocycles. The lowest BCUT2D eigenvalue weighted by atomic mass is 9.95. The second kappa shape index (κ2) is 7.92. The molecule has 1 aromatic heterocycles. The van der Waals surface area contributed by atoms with E-state index in [2.05, 4.69) is 41.4 Å². The molecule has 1 aliphatic heterocycles. The van der Waals surface area contributed by atoms with Gasteiger partial charge in [-0.25, -0.2) is 5.01 Å². The fourth-order valence-corrected chi connectivity index (χ4v) is 3.57. The van der Waals surface area contributed by atoms with Crippen molar-refractivity contribution in [1.82, 2.24) is 10.2 Å². The number of aromatic nitrogens is 2. The van der Waals surface area contributed by atoms with E-state index in [1.54, 1.807) is 0 Å². The predicted octanol–water partition coefficient (Wildman–Crippen LogP) is 4.97. The van der Waals surface area contributed by atoms with Crippen molar-refractivity contribution in [2.24, 2.45) is 11.0 Å². The summed E-state index contributed by atoms with van der Waals surface area (Å²) in [7, 11) is 0. The van der Waals surface area contributed by atoms with Crippen molar-refractivity contribution in [3.8, 4) is 5.88 Å². The van der Waals surface area contributed by atoms with Crippen LogP contribution in [0.25, 0.3) is 0 Å². The van der Waals surface area contributed by atoms with E-state index in [-0.39, 0.29) is 12.0 Å². The fraction of sp³-hybridized carbons (Fsp3) is 0.286. The molecule has 5 nitrogen and oxygen atoms in total. The molecule has 6 heteroatoms. The van der Waals surface area contributed by atoms with Gasteiger partial charge < -0.3 is 4.74 Å². The van der Waals surface area contributed by atoms with Crippen LogP contribution in [-0.2, 0) is 0 Å². The van der Waals surface area contributed by atoms with Gasteiger partial charge in [-0.1, -0.05) is 61.0 Å². The second-order valence-corrected chi connectivity index (χ2v) is 6.96. The average molecular weight is 381 g/mol. The van der Waals surface area contributed by atoms with Crippen molar-refractivity contribution in [2.75, 3.05) is 11.6 Å². The van der Waals surface area contributed by atoms with Crippen LogP contribution in [0, 0.1) is 5.92 Å². The summed E-state index contributed by atoms with van der Waals surface area (Å²) in [5.41, 5.74) is 2.13. The van der Waals surface area contributed by atoms with Gasteiger partial charge in [0, 0.05) is 23.4 Å². The molecule has 1 aromatic carbocycles. The molecular formula is C21H21ClN4O. The van der Waals surface area contributed by atoms with Crippen LogP contribution >= 0.6 is 11.6 Å². The first-order chi connectivity index (χ1) is 13.3. The Morgan fingerprint density at radius 3 is 2.63 bits per heavy atom. The molecule has 2 aromatic rings. The van der Waals surface area contributed by atoms with Gasteiger partial charge in [0.05, 0.1) is 18.4 Å². The summed E-state index contributed by atoms with van der Waals surface area (Å²) in [6, 6.07) is 11.6. The van der Waals surface area contributed by atoms with Crippen LogP contribution in [0.1, 0.15) is 31.4 Å². The average Bonchev–Trinajstić information content (AvgIpc) is 3.37. The molecule has 1 aliphatic carbocycles. The van der Waals surface area contributed by atoms with E-state index in [1.165, 1.54) is 0 Å². The van der Waals surface area contributed by atoms with Crippen molar-refractivity contribution in [3.05, 3.63) is 71.3 Å². The number of hydrogen-bond donors (Lipinski definition) is 0. The van der Waals surface area contributed by atoms with Gasteiger partial charge >= 0.3 is 0 Å². The number of hydrazone groups is 1. The lowest BCUT2D eigenvalue weighted by Crippen LogP contribution is -2.20. The number of benzene rings is 1. The Kier molecular flexibility index (Phi) is 5.21. The van der Waals surface area contributed by atoms with Crippen LogP contribution in [0.4, 0.5) is 5.82 Å². The maximum absolute atomic E-state index is 6.49. The number of allylic oxidation sites excluding steroid dienone is 4. The van der Waals surface area contributed by atoms with Gasteiger partial charge in [-0.05, 0) is 24.1 Å². The summed E-state index contributed by atoms with van der Waals surface area (Å²) < 4.78 is 5.54. The molecule has 27 heavy (non-hydrogen) atoms. The first-order valence-corrected chi connectivity index (χ1v) is 9.56. The summed E-state index contributed by atoms with van der Waals surface area (Å²) >= 11 is 6.49. The lowest BCUT2D eigenvalue weighted by Gasteiger charge is -2.23. The van der Waals surface area contributed by atoms with Gasteiger partial charge in [-0.3, -0.25) is 0 Å². The molecule has 0 bridgehead atoms. The van der Waals surface area contributed by atoms with Gasteiger partial charge in [-0.2, -0.15) is 5.10 Å². The molecule has 0 amide bonds. The van der Waals surface area contributed by atoms with Crippen LogP contribution in [0.5, 0.6) is 5.88 Å². The minimum atomic E-state index is -0.00666. The highest BCUT2D eigenvalue weighted by Crippen LogP contribution is 2.39. The van der Waals surface area contributed by atoms with E-state index in [0.717, 1.165) is 29.1 Å². The van der Waals surface area contributed by atoms with Gasteiger partial charge in [0.1, 0.15) is 0 Å². The van der Waals surface area contributed by atoms with Crippen molar-refractivity contribution >= 4 is 23.1 Å². The molecule has 138 valence electrons. The van der Waals surface area contributed by atoms with E-state index >= 15 is 0 Å². The molecule has 0 saturated carbocycles. The van der Waals surface area contributed by atoms with Crippen LogP contribution in [0.15, 0.2) is 65.8 Å². The summed E-state index contributed by atoms with van der Waals surface area (Å²) in [6.07, 6.45) is 10.1. The van der Waals surface area contributed by atoms with Gasteiger partial charge in [-0.15, -0.1) is 10.2 Å². The molecule has 0 fully saturated rings. The SMILES string of the molecule is CCCOc1ccc(N2N=C(C3C=CC=C3)CC2c2ccccc2Cl)nn1. The smallest absolute Gasteiger partial charge is 0.233 e. The second-order valence-electron chi connectivity index (χ2n) is 6.55. The van der Waals surface area contributed by atoms with E-state index < -0.39 is 0 Å². The van der Waals surface area contributed by atoms with Gasteiger partial charge in [0.2, 0.25) is 5.88 Å². The summed E-state index contributed by atoms with van der Waals surface area (Å²) in [5, 5.41) is 16.1. The number of nitrogens with zero attached hydrogens (tertiary/aromatic N) is 4. The van der Waals surface area contributed by atoms with Crippen LogP contribution < -0.4 is 9.75 Å². The first-order valence-electron chi connectivity index (χ1n) is 9.19. The normalized spacial score (nSPS) is 19.0. The molecule has 2 aliphatic rings. The Morgan fingerprint density at radius 2 is 1.93 bits per heavy atom. The molecule has 0 N–H and O–H groups in total. The third kappa shape index (κ3) is 3.74. The van der Waals surface area contributed by atoms with E-state index in [4.69, 9.17) is 21.4 Å². The maximum Gasteiger partial charge on any atom is 0.233 e. The maximum atomic E-state index is 6.49. The topological polar surface area (TPSA) is 50.6 Å². The van der Waals surface area contributed by atoms with Crippen molar-refractivity contribution < 1.29 is 4.74 Å². The van der Waals surface area contributed by atoms with Crippen LogP contribution in [-0.4, -0.2) is 22.5 Å². The molecule has 0 radical (unpaired) electrons. The predicted molar refractivity (Wildman–Crippen MR) is 108 cm³/mol. The number of rotatable bonds is 6. The van der Waals surface area contributed by atoms with Gasteiger partial charge in [0.15, 0.2) is 5.82 Å². The zero-order valence-electron chi connectivity index (χ0n) is 15.1. The highest BCUT2D eigenvalue weighted by atomic mass is 35.5. The third-order valence-electron chi connectivity index (χ3n) is 4.65. The molecule has 0 spiro atoms. The standard InChI is InChI=1S/C21H21ClN4O/c1-2-13-27-21-12-11-20(23-24-21)26-19(16-9-5-6-10-17(16)22)14-18(25-26)15-7-3-4-8-15/h3-12,15,19H,2,13-14H2,1H3. The Bertz CT molecular complexity index is 879. The Labute approximate surface area is 164 Å². The van der Waals surface area contributed by atoms with Gasteiger partial charge in [0.25, 0.3) is 0 Å². The largest absolute Gasteiger partial charge is 0.477 e. The number of hydrogen-bond acceptors (Lipinski definition) is 5. The summed E-state index contributed by atoms with van der Waals surface area (Å²) in [4.78, 5) is 0. The van der Waals surface area contributed by atoms with E-state index in [0.29, 0.717) is 18.3 Å². The first kappa shape index (κ1) is 17.7. The Balaban J connectivity index is 1.65. The lowest BCUT2D eigenvalue weighted by molar-refractivity contribution is 0.301. The number of ether oxygens (including phenoxy) is 1. The van der Waals surface area contributed by atoms with Crippen molar-refractivity contribution in [2.45, 2.75) is 25.8 Å². The fourth-order valence-electron chi connectivity index (χ4n) is 3.31. The zero-order chi connectivity index (χ0) is 18.6. The van der Waals surface area contributed by atoms with Crippen LogP contribution in [0.2, 0.25) is 5.02 Å². The zero-order valence-corrected chi connectivity index (χ0v) is 15.9. The quantitative estimate of drug-likeness (QED) is 0.710. The minimum absolute atomic E-state index is 0.00666. The molecule has 2 heterocycles. The molecule has 4 rings (SSSR count). The highest BCUT2D eigenvalue weighted by Gasteiger charge is 2.33. The van der Waals surface area contributed by atoms with Crippen molar-refractivity contribution in [3.63, 3.8) is 0 Å². The van der Waals surface area contributed by atoms with E-state index in [9.17, 15) is 0 Å². The molecule has 1 unspecified atom stereocenters. The summed E-state index contributed by atoms with van der Waals surface area (Å²) in [6.45, 7) is 2.69. The molecule has 1 atom stereocenters. The number of halogens is 1. The monoisotopic (exact) mass is 380 g/mol. The minimum Gasteiger partial charge on any atom is -0.477 e. The van der Waals surface area contributed by atoms with Crippen LogP contribution in [0.3, 0.4) is 0 Å². The third-order valence-corrected chi connectivity index (χ3v) is 4.99. The molecular weight excluding hydrogens is 360 g/mol. The Morgan fingerprint density at radius 1 is 1.11 bits per heavy atom. The van der Waals surface area contributed by atoms with Crippen molar-refractivity contribution in [1.29, 1.82) is 0 Å². The highest BCUT2D eigenvalue weighted by molar-refractivity contribution is 6.31. The summed E-state index contributed by atoms with van der Waals surface area (Å²) in [5.74, 6) is 1.43. The van der Waals surface area contributed by atoms with E-state index in [1.807, 2.05) is 41.4 Å².